The molecule has 0 saturated carbocycles. The predicted octanol–water partition coefficient (Wildman–Crippen LogP) is 1.62. The standard InChI is InChI=1S/C14H20ClNO4/c1-3-19-14(18)10(2)16-8-11(17)9-20-13-7-5-4-6-12(13)15/h4-7,10-11,16-17H,3,8-9H2,1-2H3. The maximum atomic E-state index is 11.4. The second kappa shape index (κ2) is 8.79. The molecule has 112 valence electrons. The highest BCUT2D eigenvalue weighted by atomic mass is 35.5. The van der Waals surface area contributed by atoms with Crippen molar-refractivity contribution < 1.29 is 19.4 Å². The van der Waals surface area contributed by atoms with Crippen LogP contribution in [0.3, 0.4) is 0 Å². The Kier molecular flexibility index (Phi) is 7.36. The summed E-state index contributed by atoms with van der Waals surface area (Å²) in [4.78, 5) is 11.4. The zero-order chi connectivity index (χ0) is 15.0. The molecular formula is C14H20ClNO4. The van der Waals surface area contributed by atoms with E-state index in [0.29, 0.717) is 17.4 Å². The molecule has 1 aromatic carbocycles. The molecule has 20 heavy (non-hydrogen) atoms. The van der Waals surface area contributed by atoms with Gasteiger partial charge in [0.05, 0.1) is 11.6 Å². The van der Waals surface area contributed by atoms with Gasteiger partial charge in [0.15, 0.2) is 0 Å². The summed E-state index contributed by atoms with van der Waals surface area (Å²) in [5, 5.41) is 13.2. The van der Waals surface area contributed by atoms with E-state index in [9.17, 15) is 9.90 Å². The summed E-state index contributed by atoms with van der Waals surface area (Å²) >= 11 is 5.93. The minimum atomic E-state index is -0.747. The fraction of sp³-hybridized carbons (Fsp3) is 0.500. The topological polar surface area (TPSA) is 67.8 Å². The molecule has 2 atom stereocenters. The van der Waals surface area contributed by atoms with Crippen LogP contribution >= 0.6 is 11.6 Å². The van der Waals surface area contributed by atoms with Gasteiger partial charge in [-0.3, -0.25) is 4.79 Å². The van der Waals surface area contributed by atoms with Crippen molar-refractivity contribution in [1.29, 1.82) is 0 Å². The molecule has 0 heterocycles. The molecule has 1 aromatic rings. The van der Waals surface area contributed by atoms with Crippen molar-refractivity contribution in [1.82, 2.24) is 5.32 Å². The van der Waals surface area contributed by atoms with Gasteiger partial charge in [-0.05, 0) is 26.0 Å². The van der Waals surface area contributed by atoms with Crippen molar-refractivity contribution in [2.24, 2.45) is 0 Å². The average molecular weight is 302 g/mol. The molecule has 1 rings (SSSR count). The van der Waals surface area contributed by atoms with Gasteiger partial charge in [0.1, 0.15) is 24.5 Å². The van der Waals surface area contributed by atoms with E-state index in [0.717, 1.165) is 0 Å². The Labute approximate surface area is 123 Å². The molecule has 5 nitrogen and oxygen atoms in total. The second-order valence-corrected chi connectivity index (χ2v) is 4.68. The van der Waals surface area contributed by atoms with Gasteiger partial charge in [-0.25, -0.2) is 0 Å². The summed E-state index contributed by atoms with van der Waals surface area (Å²) in [6.45, 7) is 4.08. The number of para-hydroxylation sites is 1. The maximum Gasteiger partial charge on any atom is 0.322 e. The third kappa shape index (κ3) is 5.77. The summed E-state index contributed by atoms with van der Waals surface area (Å²) in [5.41, 5.74) is 0. The highest BCUT2D eigenvalue weighted by Crippen LogP contribution is 2.22. The minimum Gasteiger partial charge on any atom is -0.489 e. The number of carbonyl (C=O) groups is 1. The number of aliphatic hydroxyl groups is 1. The van der Waals surface area contributed by atoms with Gasteiger partial charge in [-0.15, -0.1) is 0 Å². The van der Waals surface area contributed by atoms with Crippen molar-refractivity contribution in [3.05, 3.63) is 29.3 Å². The van der Waals surface area contributed by atoms with Gasteiger partial charge in [0.2, 0.25) is 0 Å². The molecule has 2 unspecified atom stereocenters. The first-order chi connectivity index (χ1) is 9.54. The predicted molar refractivity (Wildman–Crippen MR) is 77.1 cm³/mol. The average Bonchev–Trinajstić information content (AvgIpc) is 2.44. The normalized spacial score (nSPS) is 13.6. The van der Waals surface area contributed by atoms with Gasteiger partial charge >= 0.3 is 5.97 Å². The number of ether oxygens (including phenoxy) is 2. The van der Waals surface area contributed by atoms with Crippen LogP contribution in [0.2, 0.25) is 5.02 Å². The Morgan fingerprint density at radius 2 is 2.15 bits per heavy atom. The highest BCUT2D eigenvalue weighted by molar-refractivity contribution is 6.32. The van der Waals surface area contributed by atoms with E-state index in [1.54, 1.807) is 38.1 Å². The number of hydrogen-bond donors (Lipinski definition) is 2. The Bertz CT molecular complexity index is 427. The lowest BCUT2D eigenvalue weighted by Gasteiger charge is -2.17. The zero-order valence-electron chi connectivity index (χ0n) is 11.6. The largest absolute Gasteiger partial charge is 0.489 e. The summed E-state index contributed by atoms with van der Waals surface area (Å²) in [5.74, 6) is 0.179. The minimum absolute atomic E-state index is 0.0896. The molecule has 0 fully saturated rings. The van der Waals surface area contributed by atoms with Crippen LogP contribution in [0.25, 0.3) is 0 Å². The highest BCUT2D eigenvalue weighted by Gasteiger charge is 2.15. The molecule has 0 aliphatic carbocycles. The van der Waals surface area contributed by atoms with Gasteiger partial charge in [-0.2, -0.15) is 0 Å². The van der Waals surface area contributed by atoms with Crippen molar-refractivity contribution >= 4 is 17.6 Å². The molecule has 0 bridgehead atoms. The van der Waals surface area contributed by atoms with Crippen LogP contribution < -0.4 is 10.1 Å². The van der Waals surface area contributed by atoms with E-state index in [-0.39, 0.29) is 19.1 Å². The van der Waals surface area contributed by atoms with E-state index in [4.69, 9.17) is 21.1 Å². The number of rotatable bonds is 8. The summed E-state index contributed by atoms with van der Waals surface area (Å²) in [7, 11) is 0. The lowest BCUT2D eigenvalue weighted by Crippen LogP contribution is -2.41. The van der Waals surface area contributed by atoms with Gasteiger partial charge in [0.25, 0.3) is 0 Å². The Hall–Kier alpha value is -1.30. The van der Waals surface area contributed by atoms with Crippen LogP contribution in [0, 0.1) is 0 Å². The number of benzene rings is 1. The fourth-order valence-corrected chi connectivity index (χ4v) is 1.66. The lowest BCUT2D eigenvalue weighted by atomic mass is 10.3. The second-order valence-electron chi connectivity index (χ2n) is 4.28. The van der Waals surface area contributed by atoms with Crippen LogP contribution in [0.1, 0.15) is 13.8 Å². The first-order valence-electron chi connectivity index (χ1n) is 6.50. The fourth-order valence-electron chi connectivity index (χ4n) is 1.47. The molecule has 6 heteroatoms. The first kappa shape index (κ1) is 16.8. The van der Waals surface area contributed by atoms with E-state index < -0.39 is 12.1 Å². The number of halogens is 1. The van der Waals surface area contributed by atoms with E-state index in [2.05, 4.69) is 5.32 Å². The summed E-state index contributed by atoms with van der Waals surface area (Å²) in [6, 6.07) is 6.57. The van der Waals surface area contributed by atoms with Crippen LogP contribution in [-0.2, 0) is 9.53 Å². The molecule has 0 aliphatic heterocycles. The van der Waals surface area contributed by atoms with E-state index >= 15 is 0 Å². The van der Waals surface area contributed by atoms with Gasteiger partial charge < -0.3 is 19.9 Å². The van der Waals surface area contributed by atoms with E-state index in [1.165, 1.54) is 0 Å². The Morgan fingerprint density at radius 3 is 2.80 bits per heavy atom. The van der Waals surface area contributed by atoms with Crippen LogP contribution in [-0.4, -0.2) is 43.0 Å². The van der Waals surface area contributed by atoms with Crippen molar-refractivity contribution in [3.8, 4) is 5.75 Å². The number of aliphatic hydroxyl groups excluding tert-OH is 1. The number of esters is 1. The third-order valence-corrected chi connectivity index (χ3v) is 2.88. The quantitative estimate of drug-likeness (QED) is 0.714. The zero-order valence-corrected chi connectivity index (χ0v) is 12.4. The molecule has 0 spiro atoms. The van der Waals surface area contributed by atoms with Crippen LogP contribution in [0.15, 0.2) is 24.3 Å². The number of carbonyl (C=O) groups excluding carboxylic acids is 1. The first-order valence-corrected chi connectivity index (χ1v) is 6.87. The molecule has 0 amide bonds. The van der Waals surface area contributed by atoms with Crippen molar-refractivity contribution in [3.63, 3.8) is 0 Å². The summed E-state index contributed by atoms with van der Waals surface area (Å²) in [6.07, 6.45) is -0.747. The maximum absolute atomic E-state index is 11.4. The Balaban J connectivity index is 2.29. The van der Waals surface area contributed by atoms with Crippen molar-refractivity contribution in [2.75, 3.05) is 19.8 Å². The van der Waals surface area contributed by atoms with E-state index in [1.807, 2.05) is 0 Å². The number of nitrogens with one attached hydrogen (secondary N) is 1. The number of hydrogen-bond acceptors (Lipinski definition) is 5. The molecule has 0 saturated heterocycles. The van der Waals surface area contributed by atoms with Gasteiger partial charge in [-0.1, -0.05) is 23.7 Å². The lowest BCUT2D eigenvalue weighted by molar-refractivity contribution is -0.145. The van der Waals surface area contributed by atoms with Crippen molar-refractivity contribution in [2.45, 2.75) is 26.0 Å². The molecule has 0 aliphatic rings. The SMILES string of the molecule is CCOC(=O)C(C)NCC(O)COc1ccccc1Cl. The van der Waals surface area contributed by atoms with Gasteiger partial charge in [0, 0.05) is 6.54 Å². The molecule has 2 N–H and O–H groups in total. The molecular weight excluding hydrogens is 282 g/mol. The smallest absolute Gasteiger partial charge is 0.322 e. The van der Waals surface area contributed by atoms with Crippen LogP contribution in [0.4, 0.5) is 0 Å². The van der Waals surface area contributed by atoms with Crippen LogP contribution in [0.5, 0.6) is 5.75 Å². The summed E-state index contributed by atoms with van der Waals surface area (Å²) < 4.78 is 10.2. The molecule has 0 radical (unpaired) electrons. The third-order valence-electron chi connectivity index (χ3n) is 2.57. The molecule has 0 aromatic heterocycles. The Morgan fingerprint density at radius 1 is 1.45 bits per heavy atom. The monoisotopic (exact) mass is 301 g/mol.